The Balaban J connectivity index is 1.82. The highest BCUT2D eigenvalue weighted by Gasteiger charge is 2.61. The van der Waals surface area contributed by atoms with Crippen LogP contribution in [0.15, 0.2) is 5.38 Å². The van der Waals surface area contributed by atoms with Crippen LogP contribution in [0.5, 0.6) is 0 Å². The van der Waals surface area contributed by atoms with Crippen molar-refractivity contribution in [3.8, 4) is 0 Å². The van der Waals surface area contributed by atoms with Crippen LogP contribution in [0, 0.1) is 12.8 Å². The second-order valence-corrected chi connectivity index (χ2v) is 5.82. The van der Waals surface area contributed by atoms with E-state index in [1.54, 1.807) is 11.3 Å². The maximum absolute atomic E-state index is 6.01. The molecule has 1 saturated heterocycles. The van der Waals surface area contributed by atoms with E-state index in [1.807, 2.05) is 0 Å². The highest BCUT2D eigenvalue weighted by atomic mass is 32.1. The molecule has 2 nitrogen and oxygen atoms in total. The van der Waals surface area contributed by atoms with Gasteiger partial charge in [-0.3, -0.25) is 0 Å². The Kier molecular flexibility index (Phi) is 2.15. The number of hydrogen-bond acceptors (Lipinski definition) is 3. The Hall–Kier alpha value is -0.410. The van der Waals surface area contributed by atoms with Crippen LogP contribution >= 0.6 is 11.3 Å². The van der Waals surface area contributed by atoms with Gasteiger partial charge in [-0.15, -0.1) is 11.3 Å². The molecule has 0 unspecified atom stereocenters. The van der Waals surface area contributed by atoms with Crippen LogP contribution in [0.4, 0.5) is 0 Å². The van der Waals surface area contributed by atoms with Crippen LogP contribution < -0.4 is 0 Å². The summed E-state index contributed by atoms with van der Waals surface area (Å²) in [6.07, 6.45) is 5.56. The minimum Gasteiger partial charge on any atom is -0.358 e. The predicted molar refractivity (Wildman–Crippen MR) is 61.0 cm³/mol. The van der Waals surface area contributed by atoms with E-state index < -0.39 is 0 Å². The average molecular weight is 223 g/mol. The van der Waals surface area contributed by atoms with Crippen molar-refractivity contribution in [2.45, 2.75) is 51.2 Å². The van der Waals surface area contributed by atoms with Gasteiger partial charge < -0.3 is 4.74 Å². The molecule has 0 aromatic carbocycles. The van der Waals surface area contributed by atoms with E-state index in [0.717, 1.165) is 5.69 Å². The first-order valence-electron chi connectivity index (χ1n) is 5.82. The molecule has 1 aromatic heterocycles. The third kappa shape index (κ3) is 1.44. The van der Waals surface area contributed by atoms with E-state index in [2.05, 4.69) is 24.2 Å². The molecule has 0 bridgehead atoms. The summed E-state index contributed by atoms with van der Waals surface area (Å²) in [5, 5.41) is 3.32. The van der Waals surface area contributed by atoms with Gasteiger partial charge in [0.25, 0.3) is 0 Å². The zero-order valence-corrected chi connectivity index (χ0v) is 10.1. The minimum absolute atomic E-state index is 0.169. The van der Waals surface area contributed by atoms with Crippen LogP contribution in [-0.4, -0.2) is 10.6 Å². The number of nitrogens with zero attached hydrogens (tertiary/aromatic N) is 1. The predicted octanol–water partition coefficient (Wildman–Crippen LogP) is 3.47. The first-order chi connectivity index (χ1) is 7.22. The van der Waals surface area contributed by atoms with Crippen LogP contribution in [0.2, 0.25) is 0 Å². The molecule has 2 aliphatic rings. The summed E-state index contributed by atoms with van der Waals surface area (Å²) in [6.45, 7) is 4.39. The standard InChI is InChI=1S/C12H17NOS/c1-8-5-3-4-6-12(8)10(14-12)11-13-9(2)7-15-11/h7-8,10H,3-6H2,1-2H3/t8-,10+,12+/m0/s1. The van der Waals surface area contributed by atoms with Crippen molar-refractivity contribution in [3.05, 3.63) is 16.1 Å². The second-order valence-electron chi connectivity index (χ2n) is 4.93. The first-order valence-corrected chi connectivity index (χ1v) is 6.70. The van der Waals surface area contributed by atoms with Crippen molar-refractivity contribution < 1.29 is 4.74 Å². The maximum Gasteiger partial charge on any atom is 0.139 e. The molecule has 1 aliphatic carbocycles. The summed E-state index contributed by atoms with van der Waals surface area (Å²) in [5.41, 5.74) is 1.30. The molecular formula is C12H17NOS. The molecule has 82 valence electrons. The first kappa shape index (κ1) is 9.79. The van der Waals surface area contributed by atoms with Gasteiger partial charge in [-0.05, 0) is 25.7 Å². The maximum atomic E-state index is 6.01. The second kappa shape index (κ2) is 3.29. The lowest BCUT2D eigenvalue weighted by Gasteiger charge is -2.25. The van der Waals surface area contributed by atoms with Gasteiger partial charge in [-0.2, -0.15) is 0 Å². The van der Waals surface area contributed by atoms with Gasteiger partial charge in [0, 0.05) is 11.1 Å². The third-order valence-electron chi connectivity index (χ3n) is 3.87. The van der Waals surface area contributed by atoms with Crippen molar-refractivity contribution >= 4 is 11.3 Å². The highest BCUT2D eigenvalue weighted by molar-refractivity contribution is 7.09. The van der Waals surface area contributed by atoms with Gasteiger partial charge in [-0.1, -0.05) is 19.8 Å². The van der Waals surface area contributed by atoms with Gasteiger partial charge in [0.05, 0.1) is 0 Å². The number of epoxide rings is 1. The van der Waals surface area contributed by atoms with Crippen molar-refractivity contribution in [2.24, 2.45) is 5.92 Å². The lowest BCUT2D eigenvalue weighted by Crippen LogP contribution is -2.26. The summed E-state index contributed by atoms with van der Waals surface area (Å²) in [6, 6.07) is 0. The molecule has 3 atom stereocenters. The molecule has 2 fully saturated rings. The van der Waals surface area contributed by atoms with Gasteiger partial charge in [0.2, 0.25) is 0 Å². The van der Waals surface area contributed by atoms with Gasteiger partial charge in [0.1, 0.15) is 16.7 Å². The summed E-state index contributed by atoms with van der Waals surface area (Å²) < 4.78 is 6.01. The smallest absolute Gasteiger partial charge is 0.139 e. The fourth-order valence-corrected chi connectivity index (χ4v) is 3.76. The Morgan fingerprint density at radius 2 is 2.40 bits per heavy atom. The van der Waals surface area contributed by atoms with E-state index in [-0.39, 0.29) is 5.60 Å². The molecule has 1 spiro atoms. The Bertz CT molecular complexity index is 375. The van der Waals surface area contributed by atoms with E-state index >= 15 is 0 Å². The average Bonchev–Trinajstić information content (AvgIpc) is 2.78. The number of rotatable bonds is 1. The van der Waals surface area contributed by atoms with Crippen molar-refractivity contribution in [1.82, 2.24) is 4.98 Å². The fraction of sp³-hybridized carbons (Fsp3) is 0.750. The molecule has 1 aromatic rings. The van der Waals surface area contributed by atoms with E-state index in [1.165, 1.54) is 30.7 Å². The van der Waals surface area contributed by atoms with E-state index in [9.17, 15) is 0 Å². The normalized spacial score (nSPS) is 39.6. The molecule has 2 heterocycles. The molecule has 15 heavy (non-hydrogen) atoms. The molecule has 3 heteroatoms. The quantitative estimate of drug-likeness (QED) is 0.681. The Labute approximate surface area is 94.7 Å². The van der Waals surface area contributed by atoms with Crippen LogP contribution in [0.3, 0.4) is 0 Å². The van der Waals surface area contributed by atoms with Crippen LogP contribution in [-0.2, 0) is 4.74 Å². The summed E-state index contributed by atoms with van der Waals surface area (Å²) >= 11 is 1.75. The minimum atomic E-state index is 0.169. The van der Waals surface area contributed by atoms with E-state index in [0.29, 0.717) is 12.0 Å². The van der Waals surface area contributed by atoms with Gasteiger partial charge >= 0.3 is 0 Å². The monoisotopic (exact) mass is 223 g/mol. The van der Waals surface area contributed by atoms with E-state index in [4.69, 9.17) is 4.74 Å². The zero-order valence-electron chi connectivity index (χ0n) is 9.32. The summed E-state index contributed by atoms with van der Waals surface area (Å²) in [4.78, 5) is 4.55. The van der Waals surface area contributed by atoms with Crippen molar-refractivity contribution in [3.63, 3.8) is 0 Å². The number of thiazole rings is 1. The molecular weight excluding hydrogens is 206 g/mol. The lowest BCUT2D eigenvalue weighted by molar-refractivity contribution is 0.170. The van der Waals surface area contributed by atoms with Crippen molar-refractivity contribution in [2.75, 3.05) is 0 Å². The fourth-order valence-electron chi connectivity index (χ4n) is 2.84. The van der Waals surface area contributed by atoms with Crippen molar-refractivity contribution in [1.29, 1.82) is 0 Å². The molecule has 0 amide bonds. The topological polar surface area (TPSA) is 25.4 Å². The molecule has 1 aliphatic heterocycles. The van der Waals surface area contributed by atoms with Crippen LogP contribution in [0.1, 0.15) is 49.4 Å². The zero-order chi connectivity index (χ0) is 10.5. The molecule has 0 N–H and O–H groups in total. The van der Waals surface area contributed by atoms with Gasteiger partial charge in [0.15, 0.2) is 0 Å². The number of aromatic nitrogens is 1. The lowest BCUT2D eigenvalue weighted by atomic mass is 9.78. The number of ether oxygens (including phenoxy) is 1. The number of hydrogen-bond donors (Lipinski definition) is 0. The third-order valence-corrected chi connectivity index (χ3v) is 4.88. The summed E-state index contributed by atoms with van der Waals surface area (Å²) in [7, 11) is 0. The summed E-state index contributed by atoms with van der Waals surface area (Å²) in [5.74, 6) is 0.709. The Morgan fingerprint density at radius 3 is 3.07 bits per heavy atom. The van der Waals surface area contributed by atoms with Crippen LogP contribution in [0.25, 0.3) is 0 Å². The van der Waals surface area contributed by atoms with Gasteiger partial charge in [-0.25, -0.2) is 4.98 Å². The Morgan fingerprint density at radius 1 is 1.53 bits per heavy atom. The molecule has 3 rings (SSSR count). The number of aryl methyl sites for hydroxylation is 1. The molecule has 0 radical (unpaired) electrons. The largest absolute Gasteiger partial charge is 0.358 e. The highest BCUT2D eigenvalue weighted by Crippen LogP contribution is 2.60. The molecule has 1 saturated carbocycles. The SMILES string of the molecule is Cc1csc([C@H]2O[C@@]23CCCC[C@@H]3C)n1.